The normalized spacial score (nSPS) is 18.8. The topological polar surface area (TPSA) is 68.7 Å². The van der Waals surface area contributed by atoms with Crippen molar-refractivity contribution >= 4 is 11.9 Å². The van der Waals surface area contributed by atoms with Gasteiger partial charge in [0, 0.05) is 18.9 Å². The molecule has 1 aliphatic heterocycles. The summed E-state index contributed by atoms with van der Waals surface area (Å²) >= 11 is 0. The van der Waals surface area contributed by atoms with E-state index in [1.165, 1.54) is 0 Å². The summed E-state index contributed by atoms with van der Waals surface area (Å²) in [7, 11) is 0. The predicted octanol–water partition coefficient (Wildman–Crippen LogP) is 2.92. The summed E-state index contributed by atoms with van der Waals surface area (Å²) < 4.78 is 49.8. The number of hydrogen-bond acceptors (Lipinski definition) is 5. The number of hydrogen-bond donors (Lipinski definition) is 0. The number of amides is 1. The fourth-order valence-corrected chi connectivity index (χ4v) is 2.38. The van der Waals surface area contributed by atoms with Crippen molar-refractivity contribution in [3.8, 4) is 0 Å². The van der Waals surface area contributed by atoms with Gasteiger partial charge in [-0.3, -0.25) is 14.7 Å². The second kappa shape index (κ2) is 6.99. The van der Waals surface area contributed by atoms with Gasteiger partial charge in [-0.2, -0.15) is 13.2 Å². The van der Waals surface area contributed by atoms with Gasteiger partial charge in [-0.25, -0.2) is 4.79 Å². The van der Waals surface area contributed by atoms with Crippen molar-refractivity contribution in [3.63, 3.8) is 0 Å². The number of rotatable bonds is 2. The molecule has 0 radical (unpaired) electrons. The van der Waals surface area contributed by atoms with E-state index in [1.54, 1.807) is 20.8 Å². The lowest BCUT2D eigenvalue weighted by molar-refractivity contribution is -0.138. The van der Waals surface area contributed by atoms with E-state index in [4.69, 9.17) is 9.47 Å². The molecule has 2 heterocycles. The predicted molar refractivity (Wildman–Crippen MR) is 81.1 cm³/mol. The van der Waals surface area contributed by atoms with Crippen molar-refractivity contribution in [2.75, 3.05) is 19.8 Å². The minimum Gasteiger partial charge on any atom is -0.444 e. The molecule has 138 valence electrons. The van der Waals surface area contributed by atoms with E-state index in [0.29, 0.717) is 0 Å². The number of carbonyl (C=O) groups is 2. The van der Waals surface area contributed by atoms with Gasteiger partial charge < -0.3 is 9.47 Å². The van der Waals surface area contributed by atoms with E-state index in [0.717, 1.165) is 23.4 Å². The minimum absolute atomic E-state index is 0.0485. The second-order valence-corrected chi connectivity index (χ2v) is 6.55. The van der Waals surface area contributed by atoms with Gasteiger partial charge in [-0.1, -0.05) is 0 Å². The molecule has 1 saturated heterocycles. The Hall–Kier alpha value is -2.16. The van der Waals surface area contributed by atoms with Crippen LogP contribution in [0.1, 0.15) is 36.7 Å². The first-order chi connectivity index (χ1) is 11.5. The molecule has 0 N–H and O–H groups in total. The summed E-state index contributed by atoms with van der Waals surface area (Å²) in [6, 6.07) is -0.469. The van der Waals surface area contributed by atoms with E-state index in [1.807, 2.05) is 0 Å². The smallest absolute Gasteiger partial charge is 0.417 e. The molecule has 1 unspecified atom stereocenters. The van der Waals surface area contributed by atoms with E-state index >= 15 is 0 Å². The molecule has 1 fully saturated rings. The third-order valence-electron chi connectivity index (χ3n) is 3.45. The lowest BCUT2D eigenvalue weighted by Gasteiger charge is -2.35. The van der Waals surface area contributed by atoms with Crippen LogP contribution in [0, 0.1) is 0 Å². The Labute approximate surface area is 142 Å². The summed E-state index contributed by atoms with van der Waals surface area (Å²) in [4.78, 5) is 29.7. The Balaban J connectivity index is 2.32. The Morgan fingerprint density at radius 2 is 2.00 bits per heavy atom. The number of alkyl halides is 3. The Morgan fingerprint density at radius 1 is 1.32 bits per heavy atom. The van der Waals surface area contributed by atoms with E-state index in [2.05, 4.69) is 4.98 Å². The maximum absolute atomic E-state index is 13.1. The Morgan fingerprint density at radius 3 is 2.60 bits per heavy atom. The molecule has 2 rings (SSSR count). The van der Waals surface area contributed by atoms with Gasteiger partial charge in [0.15, 0.2) is 5.78 Å². The minimum atomic E-state index is -4.71. The first-order valence-electron chi connectivity index (χ1n) is 7.63. The molecule has 6 nitrogen and oxygen atoms in total. The number of nitrogens with zero attached hydrogens (tertiary/aromatic N) is 2. The lowest BCUT2D eigenvalue weighted by Crippen LogP contribution is -2.54. The molecule has 1 amide bonds. The summed E-state index contributed by atoms with van der Waals surface area (Å²) in [5, 5.41) is 0. The number of ether oxygens (including phenoxy) is 2. The zero-order chi connectivity index (χ0) is 18.8. The van der Waals surface area contributed by atoms with Crippen LogP contribution in [0.5, 0.6) is 0 Å². The summed E-state index contributed by atoms with van der Waals surface area (Å²) in [5.41, 5.74) is -2.49. The van der Waals surface area contributed by atoms with Gasteiger partial charge in [-0.15, -0.1) is 0 Å². The number of pyridine rings is 1. The fourth-order valence-electron chi connectivity index (χ4n) is 2.38. The van der Waals surface area contributed by atoms with E-state index in [9.17, 15) is 22.8 Å². The highest BCUT2D eigenvalue weighted by atomic mass is 19.4. The molecular formula is C16H19F3N2O4. The number of morpholine rings is 1. The fraction of sp³-hybridized carbons (Fsp3) is 0.562. The first kappa shape index (κ1) is 19.2. The molecule has 1 aromatic heterocycles. The SMILES string of the molecule is CC(C)(C)OC(=O)N1CCOCC1C(=O)c1cnccc1C(F)(F)F. The number of ketones is 1. The van der Waals surface area contributed by atoms with Crippen molar-refractivity contribution in [2.24, 2.45) is 0 Å². The van der Waals surface area contributed by atoms with Gasteiger partial charge in [0.25, 0.3) is 0 Å². The molecular weight excluding hydrogens is 341 g/mol. The summed E-state index contributed by atoms with van der Waals surface area (Å²) in [5.74, 6) is -0.883. The van der Waals surface area contributed by atoms with Crippen LogP contribution in [-0.4, -0.2) is 53.2 Å². The van der Waals surface area contributed by atoms with Crippen molar-refractivity contribution in [1.82, 2.24) is 9.88 Å². The average Bonchev–Trinajstić information content (AvgIpc) is 2.52. The largest absolute Gasteiger partial charge is 0.444 e. The molecule has 0 spiro atoms. The second-order valence-electron chi connectivity index (χ2n) is 6.55. The van der Waals surface area contributed by atoms with Crippen LogP contribution in [0.25, 0.3) is 0 Å². The van der Waals surface area contributed by atoms with Crippen LogP contribution in [-0.2, 0) is 15.7 Å². The van der Waals surface area contributed by atoms with Crippen molar-refractivity contribution in [2.45, 2.75) is 38.6 Å². The van der Waals surface area contributed by atoms with Crippen LogP contribution in [0.4, 0.5) is 18.0 Å². The molecule has 25 heavy (non-hydrogen) atoms. The number of Topliss-reactive ketones (excluding diaryl/α,β-unsaturated/α-hetero) is 1. The van der Waals surface area contributed by atoms with Crippen molar-refractivity contribution in [1.29, 1.82) is 0 Å². The van der Waals surface area contributed by atoms with Crippen LogP contribution in [0.3, 0.4) is 0 Å². The van der Waals surface area contributed by atoms with Gasteiger partial charge in [0.2, 0.25) is 0 Å². The zero-order valence-corrected chi connectivity index (χ0v) is 14.1. The number of halogens is 3. The average molecular weight is 360 g/mol. The zero-order valence-electron chi connectivity index (χ0n) is 14.1. The van der Waals surface area contributed by atoms with Crippen molar-refractivity contribution in [3.05, 3.63) is 29.6 Å². The van der Waals surface area contributed by atoms with Gasteiger partial charge in [0.1, 0.15) is 11.6 Å². The van der Waals surface area contributed by atoms with E-state index < -0.39 is 40.8 Å². The number of carbonyl (C=O) groups excluding carboxylic acids is 2. The molecule has 9 heteroatoms. The summed E-state index contributed by atoms with van der Waals surface area (Å²) in [6.45, 7) is 4.99. The highest BCUT2D eigenvalue weighted by molar-refractivity contribution is 6.02. The third kappa shape index (κ3) is 4.68. The monoisotopic (exact) mass is 360 g/mol. The number of aromatic nitrogens is 1. The molecule has 0 bridgehead atoms. The van der Waals surface area contributed by atoms with Crippen LogP contribution in [0.15, 0.2) is 18.5 Å². The summed E-state index contributed by atoms with van der Waals surface area (Å²) in [6.07, 6.45) is -3.66. The van der Waals surface area contributed by atoms with E-state index in [-0.39, 0.29) is 19.8 Å². The highest BCUT2D eigenvalue weighted by Gasteiger charge is 2.41. The van der Waals surface area contributed by atoms with Crippen molar-refractivity contribution < 1.29 is 32.2 Å². The maximum Gasteiger partial charge on any atom is 0.417 e. The molecule has 0 aliphatic carbocycles. The quantitative estimate of drug-likeness (QED) is 0.759. The maximum atomic E-state index is 13.1. The Bertz CT molecular complexity index is 656. The van der Waals surface area contributed by atoms with Crippen LogP contribution in [0.2, 0.25) is 0 Å². The molecule has 1 aromatic rings. The standard InChI is InChI=1S/C16H19F3N2O4/c1-15(2,3)25-14(23)21-6-7-24-9-12(21)13(22)10-8-20-5-4-11(10)16(17,18)19/h4-5,8,12H,6-7,9H2,1-3H3. The molecule has 1 aliphatic rings. The highest BCUT2D eigenvalue weighted by Crippen LogP contribution is 2.32. The van der Waals surface area contributed by atoms with Crippen LogP contribution < -0.4 is 0 Å². The lowest BCUT2D eigenvalue weighted by atomic mass is 9.99. The van der Waals surface area contributed by atoms with Gasteiger partial charge in [0.05, 0.1) is 24.3 Å². The molecule has 0 aromatic carbocycles. The molecule has 0 saturated carbocycles. The van der Waals surface area contributed by atoms with Gasteiger partial charge in [-0.05, 0) is 26.8 Å². The first-order valence-corrected chi connectivity index (χ1v) is 7.63. The third-order valence-corrected chi connectivity index (χ3v) is 3.45. The van der Waals surface area contributed by atoms with Gasteiger partial charge >= 0.3 is 12.3 Å². The molecule has 1 atom stereocenters. The Kier molecular flexibility index (Phi) is 5.36. The van der Waals surface area contributed by atoms with Crippen LogP contribution >= 0.6 is 0 Å².